The van der Waals surface area contributed by atoms with Crippen LogP contribution in [-0.4, -0.2) is 70.3 Å². The van der Waals surface area contributed by atoms with Crippen molar-refractivity contribution in [1.29, 1.82) is 0 Å². The first-order chi connectivity index (χ1) is 13.4. The van der Waals surface area contributed by atoms with Gasteiger partial charge in [0.2, 0.25) is 5.91 Å². The molecule has 28 heavy (non-hydrogen) atoms. The Hall–Kier alpha value is -2.45. The molecule has 3 rings (SSSR count). The first-order valence-electron chi connectivity index (χ1n) is 9.54. The van der Waals surface area contributed by atoms with Crippen molar-refractivity contribution in [3.63, 3.8) is 0 Å². The number of carbonyl (C=O) groups excluding carboxylic acids is 1. The zero-order valence-electron chi connectivity index (χ0n) is 15.8. The summed E-state index contributed by atoms with van der Waals surface area (Å²) in [6, 6.07) is 6.68. The lowest BCUT2D eigenvalue weighted by molar-refractivity contribution is -0.151. The molecule has 5 atom stereocenters. The van der Waals surface area contributed by atoms with E-state index in [-0.39, 0.29) is 12.0 Å². The summed E-state index contributed by atoms with van der Waals surface area (Å²) in [5, 5.41) is 21.9. The van der Waals surface area contributed by atoms with Crippen LogP contribution >= 0.6 is 0 Å². The third-order valence-corrected chi connectivity index (χ3v) is 5.61. The number of nitrogens with one attached hydrogen (secondary N) is 1. The Kier molecular flexibility index (Phi) is 6.31. The van der Waals surface area contributed by atoms with Gasteiger partial charge in [-0.3, -0.25) is 14.9 Å². The number of rotatable bonds is 8. The van der Waals surface area contributed by atoms with Crippen LogP contribution in [0.15, 0.2) is 30.3 Å². The maximum absolute atomic E-state index is 13.0. The minimum atomic E-state index is -1.03. The molecule has 2 aliphatic rings. The van der Waals surface area contributed by atoms with Crippen molar-refractivity contribution < 1.29 is 29.3 Å². The average molecular weight is 390 g/mol. The standard InChI is InChI=1S/C20H26N2O6/c1-12(21-15(19(24)25)8-7-13-5-3-2-4-6-13)18(23)22-16(20(26)27)9-14-10-28-11-17(14)22/h2-6,12,14-17,21H,7-11H2,1H3,(H,24,25)(H,26,27)/t12-,14?,15?,16?,17?/m0/s1. The van der Waals surface area contributed by atoms with Gasteiger partial charge in [0.05, 0.1) is 25.3 Å². The average Bonchev–Trinajstić information content (AvgIpc) is 3.26. The van der Waals surface area contributed by atoms with Crippen LogP contribution in [0, 0.1) is 5.92 Å². The number of aliphatic carboxylic acids is 2. The van der Waals surface area contributed by atoms with Gasteiger partial charge in [-0.15, -0.1) is 0 Å². The number of aryl methyl sites for hydroxylation is 1. The van der Waals surface area contributed by atoms with Crippen molar-refractivity contribution in [2.45, 2.75) is 50.4 Å². The summed E-state index contributed by atoms with van der Waals surface area (Å²) < 4.78 is 5.41. The minimum Gasteiger partial charge on any atom is -0.480 e. The lowest BCUT2D eigenvalue weighted by Gasteiger charge is -2.31. The van der Waals surface area contributed by atoms with Crippen LogP contribution in [0.4, 0.5) is 0 Å². The van der Waals surface area contributed by atoms with Gasteiger partial charge >= 0.3 is 11.9 Å². The van der Waals surface area contributed by atoms with E-state index in [1.165, 1.54) is 4.90 Å². The van der Waals surface area contributed by atoms with Crippen molar-refractivity contribution >= 4 is 17.8 Å². The van der Waals surface area contributed by atoms with Gasteiger partial charge in [0.1, 0.15) is 12.1 Å². The third-order valence-electron chi connectivity index (χ3n) is 5.61. The molecule has 2 aliphatic heterocycles. The van der Waals surface area contributed by atoms with Crippen molar-refractivity contribution in [3.05, 3.63) is 35.9 Å². The molecule has 0 saturated carbocycles. The predicted molar refractivity (Wildman–Crippen MR) is 99.8 cm³/mol. The molecule has 1 aromatic carbocycles. The Bertz CT molecular complexity index is 725. The Morgan fingerprint density at radius 2 is 1.93 bits per heavy atom. The molecule has 0 spiro atoms. The first kappa shape index (κ1) is 20.3. The van der Waals surface area contributed by atoms with Gasteiger partial charge in [-0.25, -0.2) is 4.79 Å². The first-order valence-corrected chi connectivity index (χ1v) is 9.54. The van der Waals surface area contributed by atoms with Crippen LogP contribution in [0.1, 0.15) is 25.3 Å². The fourth-order valence-corrected chi connectivity index (χ4v) is 4.12. The molecule has 0 aromatic heterocycles. The lowest BCUT2D eigenvalue weighted by atomic mass is 10.0. The molecule has 3 N–H and O–H groups in total. The monoisotopic (exact) mass is 390 g/mol. The predicted octanol–water partition coefficient (Wildman–Crippen LogP) is 0.751. The summed E-state index contributed by atoms with van der Waals surface area (Å²) >= 11 is 0. The molecule has 2 heterocycles. The highest BCUT2D eigenvalue weighted by molar-refractivity contribution is 5.88. The van der Waals surface area contributed by atoms with Crippen LogP contribution in [0.5, 0.6) is 0 Å². The second-order valence-electron chi connectivity index (χ2n) is 7.50. The Balaban J connectivity index is 1.65. The smallest absolute Gasteiger partial charge is 0.326 e. The maximum Gasteiger partial charge on any atom is 0.326 e. The highest BCUT2D eigenvalue weighted by Crippen LogP contribution is 2.35. The van der Waals surface area contributed by atoms with Crippen LogP contribution in [0.3, 0.4) is 0 Å². The molecule has 2 saturated heterocycles. The molecule has 2 fully saturated rings. The summed E-state index contributed by atoms with van der Waals surface area (Å²) in [6.07, 6.45) is 1.26. The number of hydrogen-bond donors (Lipinski definition) is 3. The van der Waals surface area contributed by atoms with E-state index < -0.39 is 36.0 Å². The van der Waals surface area contributed by atoms with Gasteiger partial charge in [0.25, 0.3) is 0 Å². The highest BCUT2D eigenvalue weighted by atomic mass is 16.5. The molecule has 152 valence electrons. The van der Waals surface area contributed by atoms with Crippen LogP contribution in [-0.2, 0) is 25.5 Å². The molecule has 1 amide bonds. The summed E-state index contributed by atoms with van der Waals surface area (Å²) in [6.45, 7) is 2.36. The number of carboxylic acids is 2. The van der Waals surface area contributed by atoms with E-state index in [0.29, 0.717) is 32.5 Å². The third kappa shape index (κ3) is 4.34. The van der Waals surface area contributed by atoms with Crippen molar-refractivity contribution in [2.24, 2.45) is 5.92 Å². The van der Waals surface area contributed by atoms with Crippen LogP contribution in [0.2, 0.25) is 0 Å². The van der Waals surface area contributed by atoms with Crippen molar-refractivity contribution in [2.75, 3.05) is 13.2 Å². The van der Waals surface area contributed by atoms with Gasteiger partial charge < -0.3 is 19.8 Å². The summed E-state index contributed by atoms with van der Waals surface area (Å²) in [4.78, 5) is 37.6. The second kappa shape index (κ2) is 8.70. The van der Waals surface area contributed by atoms with Crippen molar-refractivity contribution in [1.82, 2.24) is 10.2 Å². The van der Waals surface area contributed by atoms with Gasteiger partial charge in [0.15, 0.2) is 0 Å². The van der Waals surface area contributed by atoms with Crippen LogP contribution in [0.25, 0.3) is 0 Å². The van der Waals surface area contributed by atoms with E-state index in [4.69, 9.17) is 4.74 Å². The molecule has 8 nitrogen and oxygen atoms in total. The SMILES string of the molecule is C[C@H](NC(CCc1ccccc1)C(=O)O)C(=O)N1C(C(=O)O)CC2COCC21. The second-order valence-corrected chi connectivity index (χ2v) is 7.50. The molecule has 1 aromatic rings. The molecular weight excluding hydrogens is 364 g/mol. The maximum atomic E-state index is 13.0. The van der Waals surface area contributed by atoms with Gasteiger partial charge in [-0.1, -0.05) is 30.3 Å². The highest BCUT2D eigenvalue weighted by Gasteiger charge is 2.50. The van der Waals surface area contributed by atoms with E-state index in [1.54, 1.807) is 6.92 Å². The van der Waals surface area contributed by atoms with E-state index in [2.05, 4.69) is 5.32 Å². The van der Waals surface area contributed by atoms with Gasteiger partial charge in [-0.05, 0) is 31.7 Å². The Morgan fingerprint density at radius 3 is 2.57 bits per heavy atom. The van der Waals surface area contributed by atoms with E-state index >= 15 is 0 Å². The number of hydrogen-bond acceptors (Lipinski definition) is 5. The number of ether oxygens (including phenoxy) is 1. The number of amides is 1. The quantitative estimate of drug-likeness (QED) is 0.600. The molecule has 0 aliphatic carbocycles. The van der Waals surface area contributed by atoms with Crippen molar-refractivity contribution in [3.8, 4) is 0 Å². The van der Waals surface area contributed by atoms with Crippen LogP contribution < -0.4 is 5.32 Å². The minimum absolute atomic E-state index is 0.0191. The topological polar surface area (TPSA) is 116 Å². The molecule has 0 radical (unpaired) electrons. The molecular formula is C20H26N2O6. The number of carboxylic acid groups (broad SMARTS) is 2. The Labute approximate surface area is 163 Å². The molecule has 4 unspecified atom stereocenters. The normalized spacial score (nSPS) is 25.9. The van der Waals surface area contributed by atoms with E-state index in [9.17, 15) is 24.6 Å². The Morgan fingerprint density at radius 1 is 1.21 bits per heavy atom. The summed E-state index contributed by atoms with van der Waals surface area (Å²) in [7, 11) is 0. The lowest BCUT2D eigenvalue weighted by Crippen LogP contribution is -2.55. The van der Waals surface area contributed by atoms with Gasteiger partial charge in [-0.2, -0.15) is 0 Å². The number of carbonyl (C=O) groups is 3. The zero-order chi connectivity index (χ0) is 20.3. The number of benzene rings is 1. The largest absolute Gasteiger partial charge is 0.480 e. The molecule has 0 bridgehead atoms. The molecule has 8 heteroatoms. The summed E-state index contributed by atoms with van der Waals surface area (Å²) in [5.74, 6) is -2.44. The number of likely N-dealkylation sites (tertiary alicyclic amines) is 1. The van der Waals surface area contributed by atoms with Gasteiger partial charge in [0, 0.05) is 5.92 Å². The summed E-state index contributed by atoms with van der Waals surface area (Å²) in [5.41, 5.74) is 1.02. The fourth-order valence-electron chi connectivity index (χ4n) is 4.12. The zero-order valence-corrected chi connectivity index (χ0v) is 15.8. The van der Waals surface area contributed by atoms with E-state index in [1.807, 2.05) is 30.3 Å². The number of fused-ring (bicyclic) bond motifs is 1. The number of nitrogens with zero attached hydrogens (tertiary/aromatic N) is 1. The fraction of sp³-hybridized carbons (Fsp3) is 0.550. The van der Waals surface area contributed by atoms with E-state index in [0.717, 1.165) is 5.56 Å².